The van der Waals surface area contributed by atoms with E-state index in [0.717, 1.165) is 5.92 Å². The van der Waals surface area contributed by atoms with Gasteiger partial charge in [0.25, 0.3) is 0 Å². The average molecular weight is 387 g/mol. The van der Waals surface area contributed by atoms with E-state index in [1.54, 1.807) is 5.57 Å². The van der Waals surface area contributed by atoms with Crippen molar-refractivity contribution >= 4 is 0 Å². The fraction of sp³-hybridized carbons (Fsp3) is 0.517. The number of hydrogen-bond acceptors (Lipinski definition) is 0. The first-order chi connectivity index (χ1) is 13.9. The summed E-state index contributed by atoms with van der Waals surface area (Å²) in [4.78, 5) is 0. The minimum atomic E-state index is 0.311. The third kappa shape index (κ3) is 3.83. The van der Waals surface area contributed by atoms with Crippen LogP contribution in [0.4, 0.5) is 0 Å². The molecule has 4 aliphatic rings. The van der Waals surface area contributed by atoms with Crippen LogP contribution in [0.1, 0.15) is 47.0 Å². The summed E-state index contributed by atoms with van der Waals surface area (Å²) >= 11 is 0. The predicted molar refractivity (Wildman–Crippen MR) is 126 cm³/mol. The number of allylic oxidation sites excluding steroid dienone is 13. The van der Waals surface area contributed by atoms with Crippen LogP contribution in [0.15, 0.2) is 84.6 Å². The van der Waals surface area contributed by atoms with Gasteiger partial charge in [-0.15, -0.1) is 0 Å². The number of rotatable bonds is 3. The van der Waals surface area contributed by atoms with Crippen molar-refractivity contribution in [2.45, 2.75) is 47.0 Å². The highest BCUT2D eigenvalue weighted by Gasteiger charge is 2.42. The molecule has 0 aromatic carbocycles. The SMILES string of the molecule is C=C1C=CC(C2=CC(C)C(C3(C)C=CC=CC3)CC2)C(C2C=CC=CC2C)C1C. The van der Waals surface area contributed by atoms with Crippen LogP contribution in [0.2, 0.25) is 0 Å². The lowest BCUT2D eigenvalue weighted by molar-refractivity contribution is 0.170. The molecule has 0 aliphatic heterocycles. The second kappa shape index (κ2) is 8.13. The molecule has 0 aromatic heterocycles. The van der Waals surface area contributed by atoms with Gasteiger partial charge >= 0.3 is 0 Å². The average Bonchev–Trinajstić information content (AvgIpc) is 2.71. The van der Waals surface area contributed by atoms with Crippen LogP contribution < -0.4 is 0 Å². The van der Waals surface area contributed by atoms with E-state index < -0.39 is 0 Å². The highest BCUT2D eigenvalue weighted by atomic mass is 14.5. The molecule has 0 heterocycles. The maximum absolute atomic E-state index is 4.38. The molecule has 4 rings (SSSR count). The van der Waals surface area contributed by atoms with E-state index in [9.17, 15) is 0 Å². The maximum Gasteiger partial charge on any atom is 0.00199 e. The maximum atomic E-state index is 4.38. The van der Waals surface area contributed by atoms with Gasteiger partial charge in [0, 0.05) is 5.92 Å². The molecule has 0 bridgehead atoms. The molecule has 4 aliphatic carbocycles. The van der Waals surface area contributed by atoms with Crippen LogP contribution in [-0.4, -0.2) is 0 Å². The lowest BCUT2D eigenvalue weighted by Gasteiger charge is -2.46. The molecule has 0 nitrogen and oxygen atoms in total. The lowest BCUT2D eigenvalue weighted by Crippen LogP contribution is -2.37. The van der Waals surface area contributed by atoms with Gasteiger partial charge in [0.15, 0.2) is 0 Å². The second-order valence-electron chi connectivity index (χ2n) is 10.3. The minimum absolute atomic E-state index is 0.311. The molecule has 0 saturated heterocycles. The highest BCUT2D eigenvalue weighted by molar-refractivity contribution is 5.33. The second-order valence-corrected chi connectivity index (χ2v) is 10.3. The third-order valence-corrected chi connectivity index (χ3v) is 8.42. The molecular weight excluding hydrogens is 348 g/mol. The van der Waals surface area contributed by atoms with Gasteiger partial charge in [0.05, 0.1) is 0 Å². The van der Waals surface area contributed by atoms with Gasteiger partial charge in [0.2, 0.25) is 0 Å². The molecule has 0 N–H and O–H groups in total. The summed E-state index contributed by atoms with van der Waals surface area (Å²) in [5.74, 6) is 4.27. The first kappa shape index (κ1) is 20.5. The van der Waals surface area contributed by atoms with Crippen molar-refractivity contribution in [3.8, 4) is 0 Å². The fourth-order valence-electron chi connectivity index (χ4n) is 6.57. The van der Waals surface area contributed by atoms with Gasteiger partial charge in [-0.05, 0) is 60.2 Å². The third-order valence-electron chi connectivity index (χ3n) is 8.42. The zero-order valence-corrected chi connectivity index (χ0v) is 18.7. The molecular formula is C29H38. The monoisotopic (exact) mass is 386 g/mol. The Morgan fingerprint density at radius 2 is 1.76 bits per heavy atom. The molecule has 0 saturated carbocycles. The van der Waals surface area contributed by atoms with Crippen LogP contribution >= 0.6 is 0 Å². The van der Waals surface area contributed by atoms with E-state index in [-0.39, 0.29) is 0 Å². The lowest BCUT2D eigenvalue weighted by atomic mass is 9.59. The summed E-state index contributed by atoms with van der Waals surface area (Å²) in [7, 11) is 0. The normalized spacial score (nSPS) is 44.2. The zero-order valence-electron chi connectivity index (χ0n) is 18.7. The van der Waals surface area contributed by atoms with Gasteiger partial charge in [-0.25, -0.2) is 0 Å². The fourth-order valence-corrected chi connectivity index (χ4v) is 6.57. The van der Waals surface area contributed by atoms with Crippen molar-refractivity contribution in [2.24, 2.45) is 46.8 Å². The van der Waals surface area contributed by atoms with Gasteiger partial charge in [-0.2, -0.15) is 0 Å². The molecule has 0 amide bonds. The molecule has 0 spiro atoms. The van der Waals surface area contributed by atoms with E-state index in [2.05, 4.69) is 101 Å². The van der Waals surface area contributed by atoms with Gasteiger partial charge in [-0.3, -0.25) is 0 Å². The Hall–Kier alpha value is -1.82. The van der Waals surface area contributed by atoms with Gasteiger partial charge in [0.1, 0.15) is 0 Å². The Morgan fingerprint density at radius 1 is 0.966 bits per heavy atom. The minimum Gasteiger partial charge on any atom is -0.0956 e. The van der Waals surface area contributed by atoms with Crippen molar-refractivity contribution in [3.63, 3.8) is 0 Å². The number of hydrogen-bond donors (Lipinski definition) is 0. The van der Waals surface area contributed by atoms with Gasteiger partial charge in [-0.1, -0.05) is 112 Å². The Bertz CT molecular complexity index is 813. The Balaban J connectivity index is 1.61. The summed E-state index contributed by atoms with van der Waals surface area (Å²) in [6, 6.07) is 0. The molecule has 0 fully saturated rings. The largest absolute Gasteiger partial charge is 0.0956 e. The van der Waals surface area contributed by atoms with Crippen molar-refractivity contribution in [1.82, 2.24) is 0 Å². The predicted octanol–water partition coefficient (Wildman–Crippen LogP) is 7.85. The Kier molecular flexibility index (Phi) is 5.74. The summed E-state index contributed by atoms with van der Waals surface area (Å²) in [5.41, 5.74) is 3.30. The Labute approximate surface area is 178 Å². The molecule has 29 heavy (non-hydrogen) atoms. The van der Waals surface area contributed by atoms with E-state index in [1.807, 2.05) is 0 Å². The summed E-state index contributed by atoms with van der Waals surface area (Å²) in [5, 5.41) is 0. The molecule has 8 atom stereocenters. The standard InChI is InChI=1S/C29H38/c1-20-13-15-26(28(23(20)4)25-12-8-7-11-21(25)2)24-14-16-27(22(3)19-24)29(5)17-9-6-10-18-29/h6-13,15,17,19,21-23,25-28H,1,14,16,18H2,2-5H3. The summed E-state index contributed by atoms with van der Waals surface area (Å²) in [6.07, 6.45) is 29.8. The molecule has 8 unspecified atom stereocenters. The van der Waals surface area contributed by atoms with Crippen LogP contribution in [0, 0.1) is 46.8 Å². The summed E-state index contributed by atoms with van der Waals surface area (Å²) in [6.45, 7) is 14.1. The van der Waals surface area contributed by atoms with Crippen LogP contribution in [0.25, 0.3) is 0 Å². The topological polar surface area (TPSA) is 0 Å². The van der Waals surface area contributed by atoms with Crippen molar-refractivity contribution < 1.29 is 0 Å². The van der Waals surface area contributed by atoms with Crippen molar-refractivity contribution in [3.05, 3.63) is 84.6 Å². The smallest absolute Gasteiger partial charge is 0.00199 e. The molecule has 0 radical (unpaired) electrons. The first-order valence-corrected chi connectivity index (χ1v) is 11.7. The first-order valence-electron chi connectivity index (χ1n) is 11.7. The summed E-state index contributed by atoms with van der Waals surface area (Å²) < 4.78 is 0. The van der Waals surface area contributed by atoms with Crippen LogP contribution in [0.3, 0.4) is 0 Å². The Morgan fingerprint density at radius 3 is 2.45 bits per heavy atom. The quantitative estimate of drug-likeness (QED) is 0.433. The zero-order chi connectivity index (χ0) is 20.6. The molecule has 0 aromatic rings. The van der Waals surface area contributed by atoms with Crippen LogP contribution in [0.5, 0.6) is 0 Å². The van der Waals surface area contributed by atoms with Crippen molar-refractivity contribution in [1.29, 1.82) is 0 Å². The highest BCUT2D eigenvalue weighted by Crippen LogP contribution is 2.51. The van der Waals surface area contributed by atoms with E-state index in [1.165, 1.54) is 24.8 Å². The van der Waals surface area contributed by atoms with E-state index >= 15 is 0 Å². The van der Waals surface area contributed by atoms with E-state index in [0.29, 0.717) is 40.9 Å². The van der Waals surface area contributed by atoms with Crippen molar-refractivity contribution in [2.75, 3.05) is 0 Å². The van der Waals surface area contributed by atoms with Gasteiger partial charge < -0.3 is 0 Å². The molecule has 154 valence electrons. The van der Waals surface area contributed by atoms with Crippen LogP contribution in [-0.2, 0) is 0 Å². The van der Waals surface area contributed by atoms with E-state index in [4.69, 9.17) is 0 Å². The molecule has 0 heteroatoms.